The van der Waals surface area contributed by atoms with Gasteiger partial charge in [0.1, 0.15) is 0 Å². The molecule has 1 rings (SSSR count). The molecule has 0 radical (unpaired) electrons. The van der Waals surface area contributed by atoms with Crippen LogP contribution in [0.3, 0.4) is 0 Å². The summed E-state index contributed by atoms with van der Waals surface area (Å²) in [6, 6.07) is 1.05. The normalized spacial score (nSPS) is 29.0. The second kappa shape index (κ2) is 7.20. The van der Waals surface area contributed by atoms with Crippen molar-refractivity contribution >= 4 is 0 Å². The maximum absolute atomic E-state index is 8.88. The summed E-state index contributed by atoms with van der Waals surface area (Å²) in [5.74, 6) is 0.445. The minimum atomic E-state index is 0.314. The zero-order valence-corrected chi connectivity index (χ0v) is 9.91. The lowest BCUT2D eigenvalue weighted by Gasteiger charge is -2.27. The van der Waals surface area contributed by atoms with E-state index in [0.29, 0.717) is 24.6 Å². The highest BCUT2D eigenvalue weighted by Crippen LogP contribution is 2.16. The van der Waals surface area contributed by atoms with Crippen LogP contribution in [0.5, 0.6) is 0 Å². The highest BCUT2D eigenvalue weighted by atomic mass is 16.3. The molecule has 0 amide bonds. The molecule has 1 aliphatic carbocycles. The fraction of sp³-hybridized carbons (Fsp3) is 1.00. The third-order valence-corrected chi connectivity index (χ3v) is 3.33. The first-order valence-corrected chi connectivity index (χ1v) is 6.32. The predicted octanol–water partition coefficient (Wildman–Crippen LogP) is 1.25. The van der Waals surface area contributed by atoms with E-state index in [-0.39, 0.29) is 0 Å². The van der Waals surface area contributed by atoms with Gasteiger partial charge in [-0.3, -0.25) is 0 Å². The van der Waals surface area contributed by atoms with Gasteiger partial charge in [0, 0.05) is 18.7 Å². The van der Waals surface area contributed by atoms with Crippen LogP contribution in [0.4, 0.5) is 0 Å². The summed E-state index contributed by atoms with van der Waals surface area (Å²) in [6.07, 6.45) is 7.15. The minimum absolute atomic E-state index is 0.314. The van der Waals surface area contributed by atoms with Crippen LogP contribution in [-0.4, -0.2) is 30.3 Å². The molecule has 0 aromatic carbocycles. The molecule has 0 aromatic heterocycles. The van der Waals surface area contributed by atoms with Crippen molar-refractivity contribution in [1.82, 2.24) is 5.32 Å². The van der Waals surface area contributed by atoms with Gasteiger partial charge < -0.3 is 16.2 Å². The van der Waals surface area contributed by atoms with Crippen LogP contribution in [0, 0.1) is 5.92 Å². The smallest absolute Gasteiger partial charge is 0.0456 e. The lowest BCUT2D eigenvalue weighted by atomic mass is 9.91. The van der Waals surface area contributed by atoms with E-state index in [0.717, 1.165) is 25.8 Å². The Kier molecular flexibility index (Phi) is 6.22. The minimum Gasteiger partial charge on any atom is -0.396 e. The summed E-state index contributed by atoms with van der Waals surface area (Å²) < 4.78 is 0. The average molecular weight is 214 g/mol. The summed E-state index contributed by atoms with van der Waals surface area (Å²) in [6.45, 7) is 3.48. The molecule has 3 heteroatoms. The molecule has 3 unspecified atom stereocenters. The van der Waals surface area contributed by atoms with Crippen LogP contribution in [0.2, 0.25) is 0 Å². The molecule has 3 atom stereocenters. The Balaban J connectivity index is 1.99. The monoisotopic (exact) mass is 214 g/mol. The van der Waals surface area contributed by atoms with Crippen molar-refractivity contribution in [3.8, 4) is 0 Å². The van der Waals surface area contributed by atoms with Gasteiger partial charge in [-0.15, -0.1) is 0 Å². The van der Waals surface area contributed by atoms with Crippen LogP contribution in [0.15, 0.2) is 0 Å². The number of aliphatic hydroxyl groups is 1. The van der Waals surface area contributed by atoms with Gasteiger partial charge in [0.05, 0.1) is 0 Å². The van der Waals surface area contributed by atoms with Crippen LogP contribution < -0.4 is 11.1 Å². The van der Waals surface area contributed by atoms with Crippen molar-refractivity contribution in [2.75, 3.05) is 13.2 Å². The lowest BCUT2D eigenvalue weighted by Crippen LogP contribution is -2.39. The van der Waals surface area contributed by atoms with E-state index in [1.807, 2.05) is 0 Å². The Hall–Kier alpha value is -0.120. The Morgan fingerprint density at radius 2 is 2.27 bits per heavy atom. The second-order valence-electron chi connectivity index (χ2n) is 5.01. The molecule has 0 saturated heterocycles. The molecule has 0 bridgehead atoms. The predicted molar refractivity (Wildman–Crippen MR) is 63.7 cm³/mol. The van der Waals surface area contributed by atoms with Crippen molar-refractivity contribution < 1.29 is 5.11 Å². The van der Waals surface area contributed by atoms with Crippen LogP contribution in [0.1, 0.15) is 45.4 Å². The lowest BCUT2D eigenvalue weighted by molar-refractivity contribution is 0.226. The van der Waals surface area contributed by atoms with Crippen molar-refractivity contribution in [3.63, 3.8) is 0 Å². The van der Waals surface area contributed by atoms with Crippen LogP contribution >= 0.6 is 0 Å². The number of hydrogen-bond acceptors (Lipinski definition) is 3. The summed E-state index contributed by atoms with van der Waals surface area (Å²) in [5, 5.41) is 12.5. The van der Waals surface area contributed by atoms with Gasteiger partial charge in [0.25, 0.3) is 0 Å². The summed E-state index contributed by atoms with van der Waals surface area (Å²) in [5.41, 5.74) is 5.93. The quantitative estimate of drug-likeness (QED) is 0.583. The van der Waals surface area contributed by atoms with E-state index >= 15 is 0 Å². The molecule has 15 heavy (non-hydrogen) atoms. The largest absolute Gasteiger partial charge is 0.396 e. The third kappa shape index (κ3) is 5.50. The first-order chi connectivity index (χ1) is 7.22. The first-order valence-electron chi connectivity index (χ1n) is 6.32. The van der Waals surface area contributed by atoms with Gasteiger partial charge in [0.2, 0.25) is 0 Å². The SMILES string of the molecule is CC(CO)CCCNC1CCCC(N)C1. The Labute approximate surface area is 93.4 Å². The van der Waals surface area contributed by atoms with Gasteiger partial charge >= 0.3 is 0 Å². The van der Waals surface area contributed by atoms with Crippen molar-refractivity contribution in [3.05, 3.63) is 0 Å². The fourth-order valence-corrected chi connectivity index (χ4v) is 2.26. The number of aliphatic hydroxyl groups excluding tert-OH is 1. The summed E-state index contributed by atoms with van der Waals surface area (Å²) in [4.78, 5) is 0. The third-order valence-electron chi connectivity index (χ3n) is 3.33. The number of rotatable bonds is 6. The molecule has 1 saturated carbocycles. The fourth-order valence-electron chi connectivity index (χ4n) is 2.26. The number of nitrogens with one attached hydrogen (secondary N) is 1. The van der Waals surface area contributed by atoms with Gasteiger partial charge in [-0.2, -0.15) is 0 Å². The molecule has 0 aliphatic heterocycles. The zero-order valence-electron chi connectivity index (χ0n) is 9.91. The van der Waals surface area contributed by atoms with E-state index in [9.17, 15) is 0 Å². The molecular formula is C12H26N2O. The highest BCUT2D eigenvalue weighted by Gasteiger charge is 2.18. The maximum Gasteiger partial charge on any atom is 0.0456 e. The van der Waals surface area contributed by atoms with Gasteiger partial charge in [-0.25, -0.2) is 0 Å². The van der Waals surface area contributed by atoms with E-state index in [1.165, 1.54) is 19.3 Å². The Bertz CT molecular complexity index is 164. The summed E-state index contributed by atoms with van der Waals surface area (Å²) in [7, 11) is 0. The first kappa shape index (κ1) is 12.9. The standard InChI is InChI=1S/C12H26N2O/c1-10(9-15)4-3-7-14-12-6-2-5-11(13)8-12/h10-12,14-15H,2-9,13H2,1H3. The zero-order chi connectivity index (χ0) is 11.1. The number of hydrogen-bond donors (Lipinski definition) is 3. The van der Waals surface area contributed by atoms with Gasteiger partial charge in [0.15, 0.2) is 0 Å². The van der Waals surface area contributed by atoms with Crippen molar-refractivity contribution in [1.29, 1.82) is 0 Å². The maximum atomic E-state index is 8.88. The van der Waals surface area contributed by atoms with Crippen LogP contribution in [-0.2, 0) is 0 Å². The van der Waals surface area contributed by atoms with Crippen LogP contribution in [0.25, 0.3) is 0 Å². The van der Waals surface area contributed by atoms with E-state index in [2.05, 4.69) is 12.2 Å². The molecule has 4 N–H and O–H groups in total. The average Bonchev–Trinajstić information content (AvgIpc) is 2.24. The molecule has 1 aliphatic rings. The molecule has 90 valence electrons. The molecule has 0 spiro atoms. The molecule has 3 nitrogen and oxygen atoms in total. The molecule has 0 aromatic rings. The van der Waals surface area contributed by atoms with E-state index < -0.39 is 0 Å². The molecular weight excluding hydrogens is 188 g/mol. The van der Waals surface area contributed by atoms with E-state index in [1.54, 1.807) is 0 Å². The Morgan fingerprint density at radius 3 is 2.93 bits per heavy atom. The number of nitrogens with two attached hydrogens (primary N) is 1. The summed E-state index contributed by atoms with van der Waals surface area (Å²) >= 11 is 0. The van der Waals surface area contributed by atoms with Crippen molar-refractivity contribution in [2.45, 2.75) is 57.5 Å². The second-order valence-corrected chi connectivity index (χ2v) is 5.01. The Morgan fingerprint density at radius 1 is 1.47 bits per heavy atom. The van der Waals surface area contributed by atoms with Crippen molar-refractivity contribution in [2.24, 2.45) is 11.7 Å². The van der Waals surface area contributed by atoms with Gasteiger partial charge in [-0.05, 0) is 44.6 Å². The molecule has 0 heterocycles. The highest BCUT2D eigenvalue weighted by molar-refractivity contribution is 4.79. The molecule has 1 fully saturated rings. The topological polar surface area (TPSA) is 58.3 Å². The van der Waals surface area contributed by atoms with Gasteiger partial charge in [-0.1, -0.05) is 13.3 Å². The van der Waals surface area contributed by atoms with E-state index in [4.69, 9.17) is 10.8 Å².